The van der Waals surface area contributed by atoms with Crippen LogP contribution in [0.1, 0.15) is 62.2 Å². The number of hydrogen-bond donors (Lipinski definition) is 1. The molecule has 1 N–H and O–H groups in total. The molecule has 0 radical (unpaired) electrons. The molecular formula is C18H23N3O3. The summed E-state index contributed by atoms with van der Waals surface area (Å²) in [5.74, 6) is 2.84. The van der Waals surface area contributed by atoms with Crippen LogP contribution in [0.4, 0.5) is 0 Å². The van der Waals surface area contributed by atoms with Gasteiger partial charge in [0, 0.05) is 5.92 Å². The molecule has 1 heterocycles. The number of hydrogen-bond acceptors (Lipinski definition) is 5. The van der Waals surface area contributed by atoms with Crippen molar-refractivity contribution < 1.29 is 14.1 Å². The Hall–Kier alpha value is -2.37. The van der Waals surface area contributed by atoms with Crippen molar-refractivity contribution in [3.8, 4) is 5.75 Å². The Morgan fingerprint density at radius 2 is 2.08 bits per heavy atom. The summed E-state index contributed by atoms with van der Waals surface area (Å²) in [6, 6.07) is 7.97. The molecule has 0 spiro atoms. The minimum Gasteiger partial charge on any atom is -0.493 e. The first-order valence-electron chi connectivity index (χ1n) is 8.44. The van der Waals surface area contributed by atoms with Crippen LogP contribution in [0.2, 0.25) is 0 Å². The molecule has 3 rings (SSSR count). The fourth-order valence-corrected chi connectivity index (χ4v) is 2.32. The first-order chi connectivity index (χ1) is 11.6. The van der Waals surface area contributed by atoms with Crippen LogP contribution in [0.25, 0.3) is 0 Å². The number of carbonyl (C=O) groups excluding carboxylic acids is 1. The quantitative estimate of drug-likeness (QED) is 0.805. The average molecular weight is 329 g/mol. The largest absolute Gasteiger partial charge is 0.493 e. The average Bonchev–Trinajstić information content (AvgIpc) is 3.32. The second-order valence-corrected chi connectivity index (χ2v) is 6.42. The van der Waals surface area contributed by atoms with Gasteiger partial charge in [0.2, 0.25) is 11.8 Å². The summed E-state index contributed by atoms with van der Waals surface area (Å²) in [6.45, 7) is 4.90. The lowest BCUT2D eigenvalue weighted by atomic mass is 10.0. The zero-order chi connectivity index (χ0) is 16.9. The minimum absolute atomic E-state index is 0.0972. The molecule has 0 aliphatic heterocycles. The fourth-order valence-electron chi connectivity index (χ4n) is 2.32. The van der Waals surface area contributed by atoms with Crippen LogP contribution in [-0.4, -0.2) is 22.7 Å². The summed E-state index contributed by atoms with van der Waals surface area (Å²) in [4.78, 5) is 16.1. The zero-order valence-corrected chi connectivity index (χ0v) is 14.1. The van der Waals surface area contributed by atoms with E-state index in [4.69, 9.17) is 9.26 Å². The van der Waals surface area contributed by atoms with E-state index in [-0.39, 0.29) is 18.9 Å². The Morgan fingerprint density at radius 3 is 2.75 bits per heavy atom. The molecule has 0 unspecified atom stereocenters. The number of aromatic nitrogens is 2. The van der Waals surface area contributed by atoms with Crippen molar-refractivity contribution >= 4 is 5.91 Å². The van der Waals surface area contributed by atoms with Crippen molar-refractivity contribution in [2.24, 2.45) is 0 Å². The van der Waals surface area contributed by atoms with Gasteiger partial charge in [0.15, 0.2) is 5.82 Å². The van der Waals surface area contributed by atoms with Crippen LogP contribution in [0, 0.1) is 0 Å². The van der Waals surface area contributed by atoms with E-state index in [1.54, 1.807) is 0 Å². The summed E-state index contributed by atoms with van der Waals surface area (Å²) in [7, 11) is 0. The molecule has 6 nitrogen and oxygen atoms in total. The van der Waals surface area contributed by atoms with E-state index in [2.05, 4.69) is 29.3 Å². The Labute approximate surface area is 141 Å². The van der Waals surface area contributed by atoms with Gasteiger partial charge in [-0.15, -0.1) is 0 Å². The molecule has 1 fully saturated rings. The smallest absolute Gasteiger partial charge is 0.246 e. The van der Waals surface area contributed by atoms with E-state index in [1.165, 1.54) is 5.56 Å². The van der Waals surface area contributed by atoms with Crippen molar-refractivity contribution in [1.82, 2.24) is 15.5 Å². The molecule has 1 aliphatic rings. The molecule has 1 aliphatic carbocycles. The molecule has 1 aromatic carbocycles. The maximum Gasteiger partial charge on any atom is 0.246 e. The second-order valence-electron chi connectivity index (χ2n) is 6.42. The molecule has 128 valence electrons. The van der Waals surface area contributed by atoms with Crippen LogP contribution in [-0.2, 0) is 11.3 Å². The Kier molecular flexibility index (Phi) is 5.13. The maximum atomic E-state index is 11.8. The van der Waals surface area contributed by atoms with Crippen molar-refractivity contribution in [2.45, 2.75) is 51.5 Å². The van der Waals surface area contributed by atoms with Gasteiger partial charge in [-0.1, -0.05) is 31.1 Å². The Morgan fingerprint density at radius 1 is 1.33 bits per heavy atom. The lowest BCUT2D eigenvalue weighted by molar-refractivity contribution is -0.121. The molecular weight excluding hydrogens is 306 g/mol. The van der Waals surface area contributed by atoms with Gasteiger partial charge in [0.05, 0.1) is 19.6 Å². The molecule has 1 saturated carbocycles. The topological polar surface area (TPSA) is 77.2 Å². The van der Waals surface area contributed by atoms with E-state index in [9.17, 15) is 4.79 Å². The summed E-state index contributed by atoms with van der Waals surface area (Å²) >= 11 is 0. The van der Waals surface area contributed by atoms with Gasteiger partial charge in [-0.3, -0.25) is 4.79 Å². The van der Waals surface area contributed by atoms with Crippen LogP contribution in [0.3, 0.4) is 0 Å². The van der Waals surface area contributed by atoms with E-state index >= 15 is 0 Å². The number of carbonyl (C=O) groups is 1. The lowest BCUT2D eigenvalue weighted by Crippen LogP contribution is -2.24. The SMILES string of the molecule is CC(C)c1ccc(OCCC(=O)NCc2nc(C3CC3)no2)cc1. The molecule has 6 heteroatoms. The van der Waals surface area contributed by atoms with Crippen molar-refractivity contribution in [2.75, 3.05) is 6.61 Å². The first kappa shape index (κ1) is 16.5. The van der Waals surface area contributed by atoms with Crippen molar-refractivity contribution in [3.63, 3.8) is 0 Å². The van der Waals surface area contributed by atoms with Crippen LogP contribution in [0.15, 0.2) is 28.8 Å². The number of amides is 1. The van der Waals surface area contributed by atoms with Crippen LogP contribution < -0.4 is 10.1 Å². The number of ether oxygens (including phenoxy) is 1. The number of benzene rings is 1. The summed E-state index contributed by atoms with van der Waals surface area (Å²) in [6.07, 6.45) is 2.54. The molecule has 0 saturated heterocycles. The molecule has 1 amide bonds. The highest BCUT2D eigenvalue weighted by Crippen LogP contribution is 2.38. The fraction of sp³-hybridized carbons (Fsp3) is 0.500. The van der Waals surface area contributed by atoms with Gasteiger partial charge in [-0.2, -0.15) is 4.98 Å². The third kappa shape index (κ3) is 4.57. The van der Waals surface area contributed by atoms with Gasteiger partial charge >= 0.3 is 0 Å². The third-order valence-corrected chi connectivity index (χ3v) is 4.01. The van der Waals surface area contributed by atoms with Crippen LogP contribution >= 0.6 is 0 Å². The van der Waals surface area contributed by atoms with E-state index < -0.39 is 0 Å². The summed E-state index contributed by atoms with van der Waals surface area (Å²) in [5, 5.41) is 6.68. The first-order valence-corrected chi connectivity index (χ1v) is 8.44. The normalized spacial score (nSPS) is 14.0. The lowest BCUT2D eigenvalue weighted by Gasteiger charge is -2.09. The predicted molar refractivity (Wildman–Crippen MR) is 88.8 cm³/mol. The van der Waals surface area contributed by atoms with Crippen molar-refractivity contribution in [3.05, 3.63) is 41.5 Å². The summed E-state index contributed by atoms with van der Waals surface area (Å²) in [5.41, 5.74) is 1.27. The molecule has 24 heavy (non-hydrogen) atoms. The molecule has 0 atom stereocenters. The highest BCUT2D eigenvalue weighted by Gasteiger charge is 2.28. The molecule has 0 bridgehead atoms. The molecule has 2 aromatic rings. The van der Waals surface area contributed by atoms with Crippen molar-refractivity contribution in [1.29, 1.82) is 0 Å². The highest BCUT2D eigenvalue weighted by molar-refractivity contribution is 5.75. The van der Waals surface area contributed by atoms with Gasteiger partial charge in [-0.05, 0) is 36.5 Å². The van der Waals surface area contributed by atoms with E-state index in [0.29, 0.717) is 24.3 Å². The van der Waals surface area contributed by atoms with E-state index in [1.807, 2.05) is 24.3 Å². The van der Waals surface area contributed by atoms with Gasteiger partial charge in [0.25, 0.3) is 0 Å². The summed E-state index contributed by atoms with van der Waals surface area (Å²) < 4.78 is 10.7. The Balaban J connectivity index is 1.35. The zero-order valence-electron chi connectivity index (χ0n) is 14.1. The minimum atomic E-state index is -0.0972. The number of rotatable bonds is 8. The highest BCUT2D eigenvalue weighted by atomic mass is 16.5. The van der Waals surface area contributed by atoms with Crippen LogP contribution in [0.5, 0.6) is 5.75 Å². The van der Waals surface area contributed by atoms with E-state index in [0.717, 1.165) is 24.4 Å². The van der Waals surface area contributed by atoms with Gasteiger partial charge in [0.1, 0.15) is 5.75 Å². The third-order valence-electron chi connectivity index (χ3n) is 4.01. The van der Waals surface area contributed by atoms with Gasteiger partial charge in [-0.25, -0.2) is 0 Å². The standard InChI is InChI=1S/C18H23N3O3/c1-12(2)13-5-7-15(8-6-13)23-10-9-16(22)19-11-17-20-18(21-24-17)14-3-4-14/h5-8,12,14H,3-4,9-11H2,1-2H3,(H,19,22). The number of nitrogens with one attached hydrogen (secondary N) is 1. The Bertz CT molecular complexity index is 675. The molecule has 1 aromatic heterocycles. The van der Waals surface area contributed by atoms with Gasteiger partial charge < -0.3 is 14.6 Å². The maximum absolute atomic E-state index is 11.8. The number of nitrogens with zero attached hydrogens (tertiary/aromatic N) is 2. The second kappa shape index (κ2) is 7.47. The monoisotopic (exact) mass is 329 g/mol. The predicted octanol–water partition coefficient (Wildman–Crippen LogP) is 3.16.